The zero-order valence-electron chi connectivity index (χ0n) is 17.2. The maximum atomic E-state index is 12.9. The van der Waals surface area contributed by atoms with Gasteiger partial charge in [0.05, 0.1) is 12.6 Å². The van der Waals surface area contributed by atoms with Crippen LogP contribution in [-0.4, -0.2) is 23.7 Å². The van der Waals surface area contributed by atoms with Crippen LogP contribution < -0.4 is 14.8 Å². The fourth-order valence-corrected chi connectivity index (χ4v) is 3.18. The number of aliphatic hydroxyl groups excluding tert-OH is 1. The van der Waals surface area contributed by atoms with E-state index in [4.69, 9.17) is 9.47 Å². The number of carbonyl (C=O) groups is 1. The molecule has 3 aromatic carbocycles. The molecular formula is C25H27NO4. The summed E-state index contributed by atoms with van der Waals surface area (Å²) in [7, 11) is 0. The molecule has 156 valence electrons. The van der Waals surface area contributed by atoms with Gasteiger partial charge in [0.2, 0.25) is 0 Å². The highest BCUT2D eigenvalue weighted by atomic mass is 16.5. The van der Waals surface area contributed by atoms with Gasteiger partial charge in [0.1, 0.15) is 0 Å². The van der Waals surface area contributed by atoms with E-state index in [9.17, 15) is 9.90 Å². The number of ether oxygens (including phenoxy) is 2. The van der Waals surface area contributed by atoms with E-state index in [0.29, 0.717) is 23.7 Å². The zero-order chi connectivity index (χ0) is 21.3. The lowest BCUT2D eigenvalue weighted by atomic mass is 10.0. The van der Waals surface area contributed by atoms with Crippen molar-refractivity contribution in [3.8, 4) is 11.5 Å². The number of amides is 1. The van der Waals surface area contributed by atoms with Crippen molar-refractivity contribution in [1.29, 1.82) is 0 Å². The van der Waals surface area contributed by atoms with Gasteiger partial charge < -0.3 is 19.9 Å². The molecule has 0 radical (unpaired) electrons. The standard InChI is InChI=1S/C25H27NO4/c1-3-29-21-16-10-11-17-22(21)30-24(20-14-8-5-9-15-20)23(27)25(28)26-18(2)19-12-6-4-7-13-19/h4-18,23-24,27H,3H2,1-2H3,(H,26,28)/t18-,23+,24+/m0/s1. The van der Waals surface area contributed by atoms with Crippen molar-refractivity contribution in [2.45, 2.75) is 32.1 Å². The van der Waals surface area contributed by atoms with Gasteiger partial charge in [0.25, 0.3) is 5.91 Å². The Morgan fingerprint density at radius 3 is 2.00 bits per heavy atom. The molecule has 0 unspecified atom stereocenters. The quantitative estimate of drug-likeness (QED) is 0.552. The van der Waals surface area contributed by atoms with Crippen molar-refractivity contribution in [3.05, 3.63) is 96.1 Å². The van der Waals surface area contributed by atoms with E-state index < -0.39 is 18.1 Å². The first-order chi connectivity index (χ1) is 14.6. The molecule has 0 bridgehead atoms. The summed E-state index contributed by atoms with van der Waals surface area (Å²) in [5.74, 6) is 0.524. The number of aliphatic hydroxyl groups is 1. The van der Waals surface area contributed by atoms with Gasteiger partial charge in [0.15, 0.2) is 23.7 Å². The van der Waals surface area contributed by atoms with Crippen LogP contribution >= 0.6 is 0 Å². The highest BCUT2D eigenvalue weighted by Crippen LogP contribution is 2.32. The molecule has 0 aliphatic carbocycles. The number of nitrogens with one attached hydrogen (secondary N) is 1. The zero-order valence-corrected chi connectivity index (χ0v) is 17.2. The maximum Gasteiger partial charge on any atom is 0.253 e. The number of rotatable bonds is 9. The average Bonchev–Trinajstić information content (AvgIpc) is 2.79. The van der Waals surface area contributed by atoms with Gasteiger partial charge in [-0.2, -0.15) is 0 Å². The lowest BCUT2D eigenvalue weighted by Gasteiger charge is -2.26. The predicted molar refractivity (Wildman–Crippen MR) is 116 cm³/mol. The minimum Gasteiger partial charge on any atom is -0.490 e. The number of hydrogen-bond donors (Lipinski definition) is 2. The molecule has 0 saturated carbocycles. The van der Waals surface area contributed by atoms with E-state index in [1.54, 1.807) is 12.1 Å². The Labute approximate surface area is 177 Å². The van der Waals surface area contributed by atoms with Crippen LogP contribution in [0.5, 0.6) is 11.5 Å². The predicted octanol–water partition coefficient (Wildman–Crippen LogP) is 4.44. The molecular weight excluding hydrogens is 378 g/mol. The van der Waals surface area contributed by atoms with Crippen LogP contribution in [0.3, 0.4) is 0 Å². The molecule has 0 heterocycles. The lowest BCUT2D eigenvalue weighted by molar-refractivity contribution is -0.135. The summed E-state index contributed by atoms with van der Waals surface area (Å²) in [5.41, 5.74) is 1.65. The van der Waals surface area contributed by atoms with Crippen LogP contribution in [-0.2, 0) is 4.79 Å². The van der Waals surface area contributed by atoms with Crippen molar-refractivity contribution in [2.24, 2.45) is 0 Å². The average molecular weight is 405 g/mol. The van der Waals surface area contributed by atoms with Crippen LogP contribution in [0.4, 0.5) is 0 Å². The van der Waals surface area contributed by atoms with Crippen molar-refractivity contribution in [1.82, 2.24) is 5.32 Å². The monoisotopic (exact) mass is 405 g/mol. The van der Waals surface area contributed by atoms with E-state index in [2.05, 4.69) is 5.32 Å². The highest BCUT2D eigenvalue weighted by Gasteiger charge is 2.31. The Balaban J connectivity index is 1.83. The second-order valence-electron chi connectivity index (χ2n) is 6.91. The molecule has 0 spiro atoms. The molecule has 3 rings (SSSR count). The Morgan fingerprint density at radius 2 is 1.40 bits per heavy atom. The number of para-hydroxylation sites is 2. The molecule has 0 fully saturated rings. The Kier molecular flexibility index (Phi) is 7.46. The third-order valence-corrected chi connectivity index (χ3v) is 4.74. The molecule has 0 aliphatic rings. The van der Waals surface area contributed by atoms with Gasteiger partial charge in [-0.05, 0) is 37.1 Å². The largest absolute Gasteiger partial charge is 0.490 e. The fourth-order valence-electron chi connectivity index (χ4n) is 3.18. The fraction of sp³-hybridized carbons (Fsp3) is 0.240. The Bertz CT molecular complexity index is 930. The topological polar surface area (TPSA) is 67.8 Å². The smallest absolute Gasteiger partial charge is 0.253 e. The molecule has 0 aromatic heterocycles. The lowest BCUT2D eigenvalue weighted by Crippen LogP contribution is -2.41. The van der Waals surface area contributed by atoms with Gasteiger partial charge in [-0.3, -0.25) is 4.79 Å². The minimum absolute atomic E-state index is 0.250. The van der Waals surface area contributed by atoms with Gasteiger partial charge in [-0.15, -0.1) is 0 Å². The summed E-state index contributed by atoms with van der Waals surface area (Å²) >= 11 is 0. The summed E-state index contributed by atoms with van der Waals surface area (Å²) in [5, 5.41) is 13.8. The summed E-state index contributed by atoms with van der Waals surface area (Å²) in [4.78, 5) is 12.9. The molecule has 1 amide bonds. The number of benzene rings is 3. The third-order valence-electron chi connectivity index (χ3n) is 4.74. The van der Waals surface area contributed by atoms with Crippen molar-refractivity contribution >= 4 is 5.91 Å². The first kappa shape index (κ1) is 21.4. The first-order valence-electron chi connectivity index (χ1n) is 10.1. The molecule has 5 heteroatoms. The van der Waals surface area contributed by atoms with E-state index in [1.807, 2.05) is 86.6 Å². The molecule has 3 aromatic rings. The molecule has 0 aliphatic heterocycles. The number of hydrogen-bond acceptors (Lipinski definition) is 4. The van der Waals surface area contributed by atoms with Crippen LogP contribution in [0.1, 0.15) is 37.1 Å². The highest BCUT2D eigenvalue weighted by molar-refractivity contribution is 5.82. The van der Waals surface area contributed by atoms with E-state index in [-0.39, 0.29) is 6.04 Å². The second-order valence-corrected chi connectivity index (χ2v) is 6.91. The Morgan fingerprint density at radius 1 is 0.867 bits per heavy atom. The Hall–Kier alpha value is -3.31. The summed E-state index contributed by atoms with van der Waals surface area (Å²) in [6.07, 6.45) is -2.30. The van der Waals surface area contributed by atoms with Gasteiger partial charge in [-0.1, -0.05) is 72.8 Å². The van der Waals surface area contributed by atoms with Gasteiger partial charge >= 0.3 is 0 Å². The summed E-state index contributed by atoms with van der Waals surface area (Å²) < 4.78 is 11.7. The maximum absolute atomic E-state index is 12.9. The summed E-state index contributed by atoms with van der Waals surface area (Å²) in [6, 6.07) is 25.8. The van der Waals surface area contributed by atoms with Crippen molar-refractivity contribution in [2.75, 3.05) is 6.61 Å². The van der Waals surface area contributed by atoms with E-state index >= 15 is 0 Å². The van der Waals surface area contributed by atoms with Crippen LogP contribution in [0.15, 0.2) is 84.9 Å². The molecule has 3 atom stereocenters. The van der Waals surface area contributed by atoms with E-state index in [0.717, 1.165) is 5.56 Å². The second kappa shape index (κ2) is 10.5. The van der Waals surface area contributed by atoms with Crippen LogP contribution in [0.25, 0.3) is 0 Å². The molecule has 2 N–H and O–H groups in total. The minimum atomic E-state index is -1.41. The van der Waals surface area contributed by atoms with Crippen LogP contribution in [0, 0.1) is 0 Å². The number of carbonyl (C=O) groups excluding carboxylic acids is 1. The van der Waals surface area contributed by atoms with Crippen LogP contribution in [0.2, 0.25) is 0 Å². The first-order valence-corrected chi connectivity index (χ1v) is 10.1. The molecule has 30 heavy (non-hydrogen) atoms. The van der Waals surface area contributed by atoms with Crippen molar-refractivity contribution in [3.63, 3.8) is 0 Å². The normalized spacial score (nSPS) is 13.7. The van der Waals surface area contributed by atoms with Crippen molar-refractivity contribution < 1.29 is 19.4 Å². The summed E-state index contributed by atoms with van der Waals surface area (Å²) in [6.45, 7) is 4.25. The van der Waals surface area contributed by atoms with E-state index in [1.165, 1.54) is 0 Å². The SMILES string of the molecule is CCOc1ccccc1O[C@H](c1ccccc1)[C@@H](O)C(=O)N[C@@H](C)c1ccccc1. The third kappa shape index (κ3) is 5.39. The van der Waals surface area contributed by atoms with Gasteiger partial charge in [-0.25, -0.2) is 0 Å². The molecule has 0 saturated heterocycles. The van der Waals surface area contributed by atoms with Gasteiger partial charge in [0, 0.05) is 0 Å². The molecule has 5 nitrogen and oxygen atoms in total.